The molecule has 0 aromatic rings. The lowest BCUT2D eigenvalue weighted by Crippen LogP contribution is -2.23. The fraction of sp³-hybridized carbons (Fsp3) is 0.667. The van der Waals surface area contributed by atoms with Crippen LogP contribution in [0.1, 0.15) is 39.0 Å². The van der Waals surface area contributed by atoms with E-state index in [0.717, 1.165) is 25.2 Å². The zero-order valence-corrected chi connectivity index (χ0v) is 11.1. The molecule has 0 amide bonds. The number of hydrogen-bond donors (Lipinski definition) is 0. The average Bonchev–Trinajstić information content (AvgIpc) is 2.42. The first kappa shape index (κ1) is 14.8. The van der Waals surface area contributed by atoms with Gasteiger partial charge in [-0.3, -0.25) is 0 Å². The molecule has 0 radical (unpaired) electrons. The Morgan fingerprint density at radius 1 is 1.33 bits per heavy atom. The van der Waals surface area contributed by atoms with Gasteiger partial charge in [0.15, 0.2) is 0 Å². The molecule has 0 unspecified atom stereocenters. The van der Waals surface area contributed by atoms with Gasteiger partial charge in [0.2, 0.25) is 0 Å². The summed E-state index contributed by atoms with van der Waals surface area (Å²) in [6.45, 7) is 6.01. The highest BCUT2D eigenvalue weighted by Gasteiger charge is 2.20. The SMILES string of the molecule is C=CC(=O)OCCOC1CCC(CC#CC)CC1. The third-order valence-electron chi connectivity index (χ3n) is 3.21. The summed E-state index contributed by atoms with van der Waals surface area (Å²) >= 11 is 0. The van der Waals surface area contributed by atoms with Crippen molar-refractivity contribution in [1.82, 2.24) is 0 Å². The van der Waals surface area contributed by atoms with Crippen LogP contribution in [0.2, 0.25) is 0 Å². The first-order chi connectivity index (χ1) is 8.76. The Hall–Kier alpha value is -1.27. The lowest BCUT2D eigenvalue weighted by atomic mass is 9.85. The van der Waals surface area contributed by atoms with Gasteiger partial charge < -0.3 is 9.47 Å². The Balaban J connectivity index is 2.06. The van der Waals surface area contributed by atoms with Crippen LogP contribution in [0.25, 0.3) is 0 Å². The molecule has 1 rings (SSSR count). The molecule has 0 atom stereocenters. The number of ether oxygens (including phenoxy) is 2. The topological polar surface area (TPSA) is 35.5 Å². The van der Waals surface area contributed by atoms with Crippen molar-refractivity contribution in [1.29, 1.82) is 0 Å². The number of carbonyl (C=O) groups is 1. The first-order valence-corrected chi connectivity index (χ1v) is 6.56. The van der Waals surface area contributed by atoms with E-state index in [4.69, 9.17) is 9.47 Å². The molecule has 100 valence electrons. The lowest BCUT2D eigenvalue weighted by Gasteiger charge is -2.27. The highest BCUT2D eigenvalue weighted by molar-refractivity contribution is 5.81. The van der Waals surface area contributed by atoms with Crippen molar-refractivity contribution >= 4 is 5.97 Å². The van der Waals surface area contributed by atoms with Gasteiger partial charge in [0.25, 0.3) is 0 Å². The van der Waals surface area contributed by atoms with Crippen molar-refractivity contribution in [3.8, 4) is 11.8 Å². The molecule has 0 N–H and O–H groups in total. The summed E-state index contributed by atoms with van der Waals surface area (Å²) in [4.78, 5) is 10.8. The fourth-order valence-electron chi connectivity index (χ4n) is 2.17. The number of rotatable bonds is 6. The highest BCUT2D eigenvalue weighted by atomic mass is 16.6. The van der Waals surface area contributed by atoms with Gasteiger partial charge in [-0.2, -0.15) is 0 Å². The second-order valence-corrected chi connectivity index (χ2v) is 4.52. The normalized spacial score (nSPS) is 22.7. The van der Waals surface area contributed by atoms with E-state index in [2.05, 4.69) is 18.4 Å². The van der Waals surface area contributed by atoms with Crippen molar-refractivity contribution in [2.24, 2.45) is 5.92 Å². The summed E-state index contributed by atoms with van der Waals surface area (Å²) in [6, 6.07) is 0. The smallest absolute Gasteiger partial charge is 0.330 e. The Bertz CT molecular complexity index is 316. The number of carbonyl (C=O) groups excluding carboxylic acids is 1. The van der Waals surface area contributed by atoms with Crippen LogP contribution in [0.15, 0.2) is 12.7 Å². The van der Waals surface area contributed by atoms with Crippen molar-refractivity contribution in [3.05, 3.63) is 12.7 Å². The second-order valence-electron chi connectivity index (χ2n) is 4.52. The molecule has 0 aliphatic heterocycles. The summed E-state index contributed by atoms with van der Waals surface area (Å²) in [5.74, 6) is 6.44. The van der Waals surface area contributed by atoms with Crippen molar-refractivity contribution < 1.29 is 14.3 Å². The van der Waals surface area contributed by atoms with Crippen LogP contribution in [0.5, 0.6) is 0 Å². The highest BCUT2D eigenvalue weighted by Crippen LogP contribution is 2.28. The maximum Gasteiger partial charge on any atom is 0.330 e. The fourth-order valence-corrected chi connectivity index (χ4v) is 2.17. The average molecular weight is 250 g/mol. The van der Waals surface area contributed by atoms with Crippen LogP contribution in [-0.4, -0.2) is 25.3 Å². The van der Waals surface area contributed by atoms with Gasteiger partial charge in [-0.25, -0.2) is 4.79 Å². The molecule has 0 aromatic carbocycles. The number of hydrogen-bond acceptors (Lipinski definition) is 3. The van der Waals surface area contributed by atoms with E-state index in [0.29, 0.717) is 19.3 Å². The lowest BCUT2D eigenvalue weighted by molar-refractivity contribution is -0.140. The van der Waals surface area contributed by atoms with Gasteiger partial charge in [0, 0.05) is 12.5 Å². The molecule has 0 aromatic heterocycles. The standard InChI is InChI=1S/C15H22O3/c1-3-5-6-13-7-9-14(10-8-13)17-11-12-18-15(16)4-2/h4,13-14H,2,6-12H2,1H3. The van der Waals surface area contributed by atoms with Gasteiger partial charge in [0.05, 0.1) is 12.7 Å². The predicted octanol–water partition coefficient (Wildman–Crippen LogP) is 2.70. The van der Waals surface area contributed by atoms with Crippen molar-refractivity contribution in [2.75, 3.05) is 13.2 Å². The van der Waals surface area contributed by atoms with Crippen LogP contribution >= 0.6 is 0 Å². The Labute approximate surface area is 110 Å². The van der Waals surface area contributed by atoms with Gasteiger partial charge in [-0.1, -0.05) is 6.58 Å². The van der Waals surface area contributed by atoms with E-state index < -0.39 is 0 Å². The van der Waals surface area contributed by atoms with E-state index in [1.54, 1.807) is 0 Å². The molecule has 18 heavy (non-hydrogen) atoms. The third-order valence-corrected chi connectivity index (χ3v) is 3.21. The first-order valence-electron chi connectivity index (χ1n) is 6.56. The predicted molar refractivity (Wildman–Crippen MR) is 70.9 cm³/mol. The summed E-state index contributed by atoms with van der Waals surface area (Å²) in [7, 11) is 0. The molecule has 1 saturated carbocycles. The molecule has 1 fully saturated rings. The minimum absolute atomic E-state index is 0.312. The third kappa shape index (κ3) is 5.88. The van der Waals surface area contributed by atoms with Crippen molar-refractivity contribution in [2.45, 2.75) is 45.1 Å². The molecule has 1 aliphatic rings. The summed E-state index contributed by atoms with van der Waals surface area (Å²) in [5, 5.41) is 0. The molecule has 3 nitrogen and oxygen atoms in total. The minimum atomic E-state index is -0.388. The molecule has 0 heterocycles. The maximum atomic E-state index is 10.8. The van der Waals surface area contributed by atoms with Gasteiger partial charge in [-0.15, -0.1) is 11.8 Å². The van der Waals surface area contributed by atoms with Crippen LogP contribution in [0.3, 0.4) is 0 Å². The van der Waals surface area contributed by atoms with Gasteiger partial charge in [0.1, 0.15) is 6.61 Å². The summed E-state index contributed by atoms with van der Waals surface area (Å²) < 4.78 is 10.5. The minimum Gasteiger partial charge on any atom is -0.460 e. The summed E-state index contributed by atoms with van der Waals surface area (Å²) in [6.07, 6.45) is 7.05. The van der Waals surface area contributed by atoms with Crippen molar-refractivity contribution in [3.63, 3.8) is 0 Å². The quantitative estimate of drug-likeness (QED) is 0.315. The summed E-state index contributed by atoms with van der Waals surface area (Å²) in [5.41, 5.74) is 0. The molecule has 0 spiro atoms. The van der Waals surface area contributed by atoms with E-state index in [-0.39, 0.29) is 5.97 Å². The van der Waals surface area contributed by atoms with Crippen LogP contribution < -0.4 is 0 Å². The Morgan fingerprint density at radius 3 is 2.67 bits per heavy atom. The van der Waals surface area contributed by atoms with Gasteiger partial charge in [-0.05, 0) is 38.5 Å². The molecular weight excluding hydrogens is 228 g/mol. The second kappa shape index (κ2) is 8.77. The molecule has 0 bridgehead atoms. The number of esters is 1. The largest absolute Gasteiger partial charge is 0.460 e. The molecule has 1 aliphatic carbocycles. The van der Waals surface area contributed by atoms with Gasteiger partial charge >= 0.3 is 5.97 Å². The van der Waals surface area contributed by atoms with E-state index in [9.17, 15) is 4.79 Å². The molecule has 0 saturated heterocycles. The van der Waals surface area contributed by atoms with Crippen LogP contribution in [0.4, 0.5) is 0 Å². The maximum absolute atomic E-state index is 10.8. The van der Waals surface area contributed by atoms with E-state index >= 15 is 0 Å². The van der Waals surface area contributed by atoms with Crippen LogP contribution in [0, 0.1) is 17.8 Å². The molecular formula is C15H22O3. The zero-order chi connectivity index (χ0) is 13.2. The molecule has 3 heteroatoms. The Morgan fingerprint density at radius 2 is 2.06 bits per heavy atom. The Kier molecular flexibility index (Phi) is 7.20. The monoisotopic (exact) mass is 250 g/mol. The van der Waals surface area contributed by atoms with E-state index in [1.807, 2.05) is 6.92 Å². The van der Waals surface area contributed by atoms with E-state index in [1.165, 1.54) is 18.9 Å². The van der Waals surface area contributed by atoms with Crippen LogP contribution in [-0.2, 0) is 14.3 Å². The zero-order valence-electron chi connectivity index (χ0n) is 11.1.